The number of halogens is 5. The molecule has 0 spiro atoms. The topological polar surface area (TPSA) is 80.6 Å². The number of nitrogens with one attached hydrogen (secondary N) is 1. The first-order chi connectivity index (χ1) is 19.0. The Morgan fingerprint density at radius 2 is 1.50 bits per heavy atom. The van der Waals surface area contributed by atoms with Crippen LogP contribution in [0.3, 0.4) is 0 Å². The summed E-state index contributed by atoms with van der Waals surface area (Å²) >= 11 is 0.977. The monoisotopic (exact) mass is 574 g/mol. The van der Waals surface area contributed by atoms with Crippen LogP contribution in [0.4, 0.5) is 22.0 Å². The molecule has 5 atom stereocenters. The number of fused-ring (bicyclic) bond motifs is 10. The molecule has 0 aliphatic carbocycles. The summed E-state index contributed by atoms with van der Waals surface area (Å²) in [6.07, 6.45) is -3.49. The zero-order chi connectivity index (χ0) is 28.4. The van der Waals surface area contributed by atoms with Crippen molar-refractivity contribution in [1.29, 1.82) is 0 Å². The van der Waals surface area contributed by atoms with E-state index in [1.165, 1.54) is 4.57 Å². The van der Waals surface area contributed by atoms with E-state index in [9.17, 15) is 36.6 Å². The van der Waals surface area contributed by atoms with E-state index >= 15 is 0 Å². The summed E-state index contributed by atoms with van der Waals surface area (Å²) in [6.45, 7) is 2.56. The number of aliphatic hydroxyl groups excluding tert-OH is 1. The van der Waals surface area contributed by atoms with E-state index in [1.807, 2.05) is 0 Å². The molecule has 4 heterocycles. The molecular weight excluding hydrogens is 555 g/mol. The van der Waals surface area contributed by atoms with Crippen LogP contribution in [0.15, 0.2) is 24.3 Å². The lowest BCUT2D eigenvalue weighted by Gasteiger charge is -2.42. The van der Waals surface area contributed by atoms with Crippen LogP contribution in [0.1, 0.15) is 40.8 Å². The van der Waals surface area contributed by atoms with Crippen molar-refractivity contribution in [2.45, 2.75) is 32.3 Å². The molecule has 2 amide bonds. The molecule has 40 heavy (non-hydrogen) atoms. The standard InChI is InChI=1S/C28H19F5N2O4S/c1-8-9(2)24(36)28(39-17(8)7-29)35-16-5-14(32)12(30)3-10(16)19-21-22(27(38)34-26(21)37)20-11-4-13(31)15(33)6-18(11)40-25(20)23(19)35/h3-6,8-9,17,24,28,36H,7H2,1-2H3,(H,34,37,38). The number of nitrogens with zero attached hydrogens (tertiary/aromatic N) is 1. The van der Waals surface area contributed by atoms with Crippen molar-refractivity contribution >= 4 is 65.1 Å². The molecular formula is C28H19F5N2O4S. The molecule has 1 fully saturated rings. The number of ether oxygens (including phenoxy) is 1. The third-order valence-corrected chi connectivity index (χ3v) is 9.55. The Labute approximate surface area is 225 Å². The number of benzene rings is 3. The Morgan fingerprint density at radius 3 is 2.17 bits per heavy atom. The average molecular weight is 575 g/mol. The Bertz CT molecular complexity index is 1970. The van der Waals surface area contributed by atoms with Crippen LogP contribution in [0.2, 0.25) is 0 Å². The van der Waals surface area contributed by atoms with Gasteiger partial charge in [0.25, 0.3) is 11.8 Å². The maximum atomic E-state index is 14.7. The van der Waals surface area contributed by atoms with Gasteiger partial charge in [0.05, 0.1) is 33.0 Å². The van der Waals surface area contributed by atoms with E-state index in [1.54, 1.807) is 13.8 Å². The molecule has 0 radical (unpaired) electrons. The van der Waals surface area contributed by atoms with Gasteiger partial charge < -0.3 is 14.4 Å². The van der Waals surface area contributed by atoms with Gasteiger partial charge in [0, 0.05) is 32.3 Å². The molecule has 2 aromatic heterocycles. The second-order valence-electron chi connectivity index (χ2n) is 10.4. The van der Waals surface area contributed by atoms with E-state index in [4.69, 9.17) is 4.74 Å². The van der Waals surface area contributed by atoms with E-state index in [0.29, 0.717) is 0 Å². The Hall–Kier alpha value is -3.61. The summed E-state index contributed by atoms with van der Waals surface area (Å²) < 4.78 is 80.0. The Morgan fingerprint density at radius 1 is 0.900 bits per heavy atom. The van der Waals surface area contributed by atoms with Gasteiger partial charge in [-0.25, -0.2) is 22.0 Å². The lowest BCUT2D eigenvalue weighted by atomic mass is 9.83. The van der Waals surface area contributed by atoms with Crippen LogP contribution in [0.25, 0.3) is 42.0 Å². The zero-order valence-corrected chi connectivity index (χ0v) is 21.6. The highest BCUT2D eigenvalue weighted by Crippen LogP contribution is 2.50. The molecule has 3 aromatic carbocycles. The molecule has 0 bridgehead atoms. The number of hydrogen-bond acceptors (Lipinski definition) is 5. The van der Waals surface area contributed by atoms with Crippen molar-refractivity contribution in [1.82, 2.24) is 9.88 Å². The normalized spacial score (nSPS) is 25.1. The average Bonchev–Trinajstić information content (AvgIpc) is 3.52. The highest BCUT2D eigenvalue weighted by molar-refractivity contribution is 7.26. The molecule has 2 aliphatic rings. The van der Waals surface area contributed by atoms with Crippen molar-refractivity contribution in [3.05, 3.63) is 58.7 Å². The second kappa shape index (κ2) is 8.45. The van der Waals surface area contributed by atoms with E-state index in [-0.39, 0.29) is 59.0 Å². The minimum atomic E-state index is -1.31. The van der Waals surface area contributed by atoms with Crippen LogP contribution in [-0.2, 0) is 4.74 Å². The summed E-state index contributed by atoms with van der Waals surface area (Å²) in [6, 6.07) is 3.65. The number of aliphatic hydroxyl groups is 1. The first-order valence-corrected chi connectivity index (χ1v) is 13.3. The van der Waals surface area contributed by atoms with Crippen molar-refractivity contribution in [2.24, 2.45) is 11.8 Å². The molecule has 206 valence electrons. The van der Waals surface area contributed by atoms with Gasteiger partial charge in [-0.15, -0.1) is 11.3 Å². The minimum absolute atomic E-state index is 0.0222. The van der Waals surface area contributed by atoms with E-state index in [2.05, 4.69) is 5.32 Å². The maximum absolute atomic E-state index is 14.7. The number of amides is 2. The van der Waals surface area contributed by atoms with Gasteiger partial charge in [-0.1, -0.05) is 13.8 Å². The van der Waals surface area contributed by atoms with Gasteiger partial charge in [-0.05, 0) is 30.0 Å². The SMILES string of the molecule is CC1C(CF)OC(n2c3cc(F)c(F)cc3c3c4c(c5c6cc(F)c(F)cc6sc5c32)C(=O)NC4=O)C(O)C1C. The van der Waals surface area contributed by atoms with Crippen LogP contribution in [-0.4, -0.2) is 40.4 Å². The van der Waals surface area contributed by atoms with E-state index in [0.717, 1.165) is 35.6 Å². The quantitative estimate of drug-likeness (QED) is 0.197. The third kappa shape index (κ3) is 3.15. The summed E-state index contributed by atoms with van der Waals surface area (Å²) in [7, 11) is 0. The lowest BCUT2D eigenvalue weighted by molar-refractivity contribution is -0.200. The minimum Gasteiger partial charge on any atom is -0.388 e. The fourth-order valence-corrected chi connectivity index (χ4v) is 7.43. The molecule has 5 aromatic rings. The van der Waals surface area contributed by atoms with Crippen molar-refractivity contribution < 1.29 is 41.4 Å². The number of carbonyl (C=O) groups is 2. The first-order valence-electron chi connectivity index (χ1n) is 12.5. The summed E-state index contributed by atoms with van der Waals surface area (Å²) in [4.78, 5) is 26.2. The fraction of sp³-hybridized carbons (Fsp3) is 0.286. The van der Waals surface area contributed by atoms with Crippen LogP contribution < -0.4 is 5.32 Å². The zero-order valence-electron chi connectivity index (χ0n) is 20.8. The number of alkyl halides is 1. The lowest BCUT2D eigenvalue weighted by Crippen LogP contribution is -2.47. The summed E-state index contributed by atoms with van der Waals surface area (Å²) in [5.41, 5.74) is -0.0827. The highest BCUT2D eigenvalue weighted by atomic mass is 32.1. The number of rotatable bonds is 2. The number of thiophene rings is 1. The fourth-order valence-electron chi connectivity index (χ4n) is 6.17. The molecule has 1 saturated heterocycles. The van der Waals surface area contributed by atoms with Gasteiger partial charge in [-0.2, -0.15) is 0 Å². The first kappa shape index (κ1) is 25.4. The Balaban J connectivity index is 1.74. The maximum Gasteiger partial charge on any atom is 0.259 e. The molecule has 7 rings (SSSR count). The van der Waals surface area contributed by atoms with Gasteiger partial charge in [0.15, 0.2) is 29.5 Å². The largest absolute Gasteiger partial charge is 0.388 e. The van der Waals surface area contributed by atoms with Crippen molar-refractivity contribution in [2.75, 3.05) is 6.67 Å². The predicted octanol–water partition coefficient (Wildman–Crippen LogP) is 6.10. The summed E-state index contributed by atoms with van der Waals surface area (Å²) in [5.74, 6) is -7.22. The van der Waals surface area contributed by atoms with Crippen molar-refractivity contribution in [3.63, 3.8) is 0 Å². The third-order valence-electron chi connectivity index (χ3n) is 8.39. The molecule has 2 aliphatic heterocycles. The smallest absolute Gasteiger partial charge is 0.259 e. The Kier molecular flexibility index (Phi) is 5.36. The molecule has 5 unspecified atom stereocenters. The number of imide groups is 1. The van der Waals surface area contributed by atoms with Crippen LogP contribution in [0.5, 0.6) is 0 Å². The van der Waals surface area contributed by atoms with Gasteiger partial charge in [0.1, 0.15) is 12.8 Å². The molecule has 12 heteroatoms. The predicted molar refractivity (Wildman–Crippen MR) is 138 cm³/mol. The van der Waals surface area contributed by atoms with E-state index < -0.39 is 66.1 Å². The molecule has 0 saturated carbocycles. The number of carbonyl (C=O) groups excluding carboxylic acids is 2. The second-order valence-corrected chi connectivity index (χ2v) is 11.5. The van der Waals surface area contributed by atoms with Gasteiger partial charge in [0.2, 0.25) is 0 Å². The van der Waals surface area contributed by atoms with Gasteiger partial charge in [-0.3, -0.25) is 14.9 Å². The highest BCUT2D eigenvalue weighted by Gasteiger charge is 2.44. The molecule has 2 N–H and O–H groups in total. The number of hydrogen-bond donors (Lipinski definition) is 2. The van der Waals surface area contributed by atoms with Gasteiger partial charge >= 0.3 is 0 Å². The van der Waals surface area contributed by atoms with Crippen LogP contribution in [0, 0.1) is 35.1 Å². The number of aromatic nitrogens is 1. The summed E-state index contributed by atoms with van der Waals surface area (Å²) in [5, 5.41) is 14.0. The van der Waals surface area contributed by atoms with Crippen molar-refractivity contribution in [3.8, 4) is 0 Å². The molecule has 6 nitrogen and oxygen atoms in total. The van der Waals surface area contributed by atoms with Crippen LogP contribution >= 0.6 is 11.3 Å².